The van der Waals surface area contributed by atoms with E-state index in [1.54, 1.807) is 10.7 Å². The Labute approximate surface area is 183 Å². The van der Waals surface area contributed by atoms with Gasteiger partial charge in [0.2, 0.25) is 5.91 Å². The van der Waals surface area contributed by atoms with Gasteiger partial charge in [0.05, 0.1) is 11.2 Å². The summed E-state index contributed by atoms with van der Waals surface area (Å²) in [5, 5.41) is 8.46. The predicted molar refractivity (Wildman–Crippen MR) is 122 cm³/mol. The maximum atomic E-state index is 12.6. The second kappa shape index (κ2) is 8.26. The molecule has 0 saturated heterocycles. The van der Waals surface area contributed by atoms with E-state index in [0.29, 0.717) is 11.6 Å². The molecular formula is C23H24N6O3. The number of aryl methyl sites for hydroxylation is 5. The fraction of sp³-hybridized carbons (Fsp3) is 0.261. The standard InChI is InChI=1S/C23H24N6O3/c1-13-9-15(3)22-17(10-13)14(2)11-18(25-22)29-19(12-16(4)27-29)24-20(30)5-7-28-8-6-21(31)26-23(28)32/h6,8-12H,5,7H2,1-4H3,(H,24,30)(H,26,31,32). The first-order valence-corrected chi connectivity index (χ1v) is 10.3. The molecule has 0 bridgehead atoms. The maximum Gasteiger partial charge on any atom is 0.328 e. The third-order valence-corrected chi connectivity index (χ3v) is 5.23. The minimum atomic E-state index is -0.548. The predicted octanol–water partition coefficient (Wildman–Crippen LogP) is 2.53. The number of fused-ring (bicyclic) bond motifs is 1. The molecule has 1 aromatic carbocycles. The highest BCUT2D eigenvalue weighted by Gasteiger charge is 2.15. The summed E-state index contributed by atoms with van der Waals surface area (Å²) in [6, 6.07) is 9.17. The molecule has 0 fully saturated rings. The van der Waals surface area contributed by atoms with Crippen LogP contribution in [-0.4, -0.2) is 30.2 Å². The van der Waals surface area contributed by atoms with Gasteiger partial charge in [0, 0.05) is 36.7 Å². The van der Waals surface area contributed by atoms with E-state index in [2.05, 4.69) is 34.5 Å². The highest BCUT2D eigenvalue weighted by atomic mass is 16.2. The molecule has 0 unspecified atom stereocenters. The van der Waals surface area contributed by atoms with Gasteiger partial charge in [-0.2, -0.15) is 9.78 Å². The minimum absolute atomic E-state index is 0.0543. The van der Waals surface area contributed by atoms with Gasteiger partial charge >= 0.3 is 5.69 Å². The van der Waals surface area contributed by atoms with Crippen molar-refractivity contribution in [2.24, 2.45) is 0 Å². The highest BCUT2D eigenvalue weighted by Crippen LogP contribution is 2.25. The van der Waals surface area contributed by atoms with Crippen LogP contribution in [0.2, 0.25) is 0 Å². The van der Waals surface area contributed by atoms with Gasteiger partial charge < -0.3 is 9.88 Å². The molecule has 2 N–H and O–H groups in total. The van der Waals surface area contributed by atoms with E-state index in [-0.39, 0.29) is 18.9 Å². The average Bonchev–Trinajstić information content (AvgIpc) is 3.08. The van der Waals surface area contributed by atoms with Crippen molar-refractivity contribution in [3.63, 3.8) is 0 Å². The van der Waals surface area contributed by atoms with E-state index in [1.165, 1.54) is 22.4 Å². The number of hydrogen-bond acceptors (Lipinski definition) is 5. The molecule has 0 atom stereocenters. The van der Waals surface area contributed by atoms with Gasteiger partial charge in [-0.05, 0) is 51.0 Å². The van der Waals surface area contributed by atoms with E-state index < -0.39 is 11.2 Å². The van der Waals surface area contributed by atoms with Crippen molar-refractivity contribution >= 4 is 22.6 Å². The summed E-state index contributed by atoms with van der Waals surface area (Å²) in [4.78, 5) is 42.5. The van der Waals surface area contributed by atoms with Crippen molar-refractivity contribution in [2.75, 3.05) is 5.32 Å². The third kappa shape index (κ3) is 4.22. The minimum Gasteiger partial charge on any atom is -0.310 e. The molecule has 0 spiro atoms. The molecule has 4 aromatic rings. The molecule has 4 rings (SSSR count). The fourth-order valence-corrected chi connectivity index (χ4v) is 3.75. The molecule has 0 aliphatic carbocycles. The lowest BCUT2D eigenvalue weighted by atomic mass is 10.0. The highest BCUT2D eigenvalue weighted by molar-refractivity contribution is 5.90. The summed E-state index contributed by atoms with van der Waals surface area (Å²) < 4.78 is 2.90. The lowest BCUT2D eigenvalue weighted by molar-refractivity contribution is -0.116. The van der Waals surface area contributed by atoms with Gasteiger partial charge in [0.1, 0.15) is 5.82 Å². The van der Waals surface area contributed by atoms with Crippen molar-refractivity contribution < 1.29 is 4.79 Å². The Kier molecular flexibility index (Phi) is 5.48. The van der Waals surface area contributed by atoms with E-state index in [0.717, 1.165) is 27.7 Å². The first kappa shape index (κ1) is 21.2. The Morgan fingerprint density at radius 2 is 1.84 bits per heavy atom. The lowest BCUT2D eigenvalue weighted by Gasteiger charge is -2.12. The molecule has 9 nitrogen and oxygen atoms in total. The molecule has 0 aliphatic rings. The van der Waals surface area contributed by atoms with Crippen LogP contribution in [0.3, 0.4) is 0 Å². The molecule has 1 amide bonds. The number of rotatable bonds is 5. The van der Waals surface area contributed by atoms with Gasteiger partial charge in [0.25, 0.3) is 5.56 Å². The molecule has 3 aromatic heterocycles. The third-order valence-electron chi connectivity index (χ3n) is 5.23. The Morgan fingerprint density at radius 1 is 1.06 bits per heavy atom. The number of nitrogens with one attached hydrogen (secondary N) is 2. The summed E-state index contributed by atoms with van der Waals surface area (Å²) in [5.41, 5.74) is 3.93. The molecule has 0 saturated carbocycles. The van der Waals surface area contributed by atoms with Crippen LogP contribution in [0.15, 0.2) is 46.1 Å². The van der Waals surface area contributed by atoms with Crippen molar-refractivity contribution in [2.45, 2.75) is 40.7 Å². The summed E-state index contributed by atoms with van der Waals surface area (Å²) >= 11 is 0. The molecule has 0 radical (unpaired) electrons. The van der Waals surface area contributed by atoms with Gasteiger partial charge in [-0.3, -0.25) is 14.6 Å². The second-order valence-electron chi connectivity index (χ2n) is 7.96. The van der Waals surface area contributed by atoms with E-state index in [9.17, 15) is 14.4 Å². The number of benzene rings is 1. The van der Waals surface area contributed by atoms with E-state index in [1.807, 2.05) is 26.8 Å². The monoisotopic (exact) mass is 432 g/mol. The largest absolute Gasteiger partial charge is 0.328 e. The second-order valence-corrected chi connectivity index (χ2v) is 7.96. The van der Waals surface area contributed by atoms with Crippen LogP contribution in [0, 0.1) is 27.7 Å². The van der Waals surface area contributed by atoms with Crippen LogP contribution < -0.4 is 16.6 Å². The number of aromatic amines is 1. The Hall–Kier alpha value is -4.01. The number of aromatic nitrogens is 5. The Balaban J connectivity index is 1.61. The van der Waals surface area contributed by atoms with E-state index in [4.69, 9.17) is 4.98 Å². The molecule has 9 heteroatoms. The molecular weight excluding hydrogens is 408 g/mol. The quantitative estimate of drug-likeness (QED) is 0.503. The van der Waals surface area contributed by atoms with Gasteiger partial charge in [-0.1, -0.05) is 11.6 Å². The number of hydrogen-bond donors (Lipinski definition) is 2. The number of nitrogens with zero attached hydrogens (tertiary/aromatic N) is 4. The van der Waals surface area contributed by atoms with Crippen LogP contribution in [0.25, 0.3) is 16.7 Å². The SMILES string of the molecule is Cc1cc(C)c2nc(-n3nc(C)cc3NC(=O)CCn3ccc(=O)[nH]c3=O)cc(C)c2c1. The van der Waals surface area contributed by atoms with Crippen LogP contribution in [0.5, 0.6) is 0 Å². The topological polar surface area (TPSA) is 115 Å². The average molecular weight is 432 g/mol. The Bertz CT molecular complexity index is 1460. The van der Waals surface area contributed by atoms with Crippen LogP contribution in [0.4, 0.5) is 5.82 Å². The van der Waals surface area contributed by atoms with Crippen LogP contribution in [-0.2, 0) is 11.3 Å². The number of amides is 1. The number of pyridine rings is 1. The van der Waals surface area contributed by atoms with Crippen LogP contribution >= 0.6 is 0 Å². The van der Waals surface area contributed by atoms with Gasteiger partial charge in [-0.25, -0.2) is 9.78 Å². The zero-order valence-electron chi connectivity index (χ0n) is 18.4. The zero-order chi connectivity index (χ0) is 23.0. The number of H-pyrrole nitrogens is 1. The first-order valence-electron chi connectivity index (χ1n) is 10.3. The Morgan fingerprint density at radius 3 is 2.59 bits per heavy atom. The molecule has 164 valence electrons. The lowest BCUT2D eigenvalue weighted by Crippen LogP contribution is -2.30. The smallest absolute Gasteiger partial charge is 0.310 e. The zero-order valence-corrected chi connectivity index (χ0v) is 18.4. The van der Waals surface area contributed by atoms with E-state index >= 15 is 0 Å². The number of carbonyl (C=O) groups is 1. The first-order chi connectivity index (χ1) is 15.2. The molecule has 0 aliphatic heterocycles. The van der Waals surface area contributed by atoms with Gasteiger partial charge in [0.15, 0.2) is 5.82 Å². The molecule has 3 heterocycles. The molecule has 32 heavy (non-hydrogen) atoms. The van der Waals surface area contributed by atoms with Crippen molar-refractivity contribution in [3.8, 4) is 5.82 Å². The van der Waals surface area contributed by atoms with Gasteiger partial charge in [-0.15, -0.1) is 0 Å². The number of carbonyl (C=O) groups excluding carboxylic acids is 1. The fourth-order valence-electron chi connectivity index (χ4n) is 3.75. The normalized spacial score (nSPS) is 11.1. The maximum absolute atomic E-state index is 12.6. The van der Waals surface area contributed by atoms with Crippen molar-refractivity contribution in [1.29, 1.82) is 0 Å². The van der Waals surface area contributed by atoms with Crippen molar-refractivity contribution in [3.05, 3.63) is 79.8 Å². The summed E-state index contributed by atoms with van der Waals surface area (Å²) in [7, 11) is 0. The number of anilines is 1. The summed E-state index contributed by atoms with van der Waals surface area (Å²) in [5.74, 6) is 0.827. The summed E-state index contributed by atoms with van der Waals surface area (Å²) in [6.45, 7) is 8.10. The van der Waals surface area contributed by atoms with Crippen LogP contribution in [0.1, 0.15) is 28.8 Å². The summed E-state index contributed by atoms with van der Waals surface area (Å²) in [6.07, 6.45) is 1.42. The van der Waals surface area contributed by atoms with Crippen molar-refractivity contribution in [1.82, 2.24) is 24.3 Å².